The molecule has 2 amide bonds. The number of hydrogen-bond acceptors (Lipinski definition) is 4. The van der Waals surface area contributed by atoms with E-state index in [4.69, 9.17) is 4.42 Å². The topological polar surface area (TPSA) is 57.0 Å². The summed E-state index contributed by atoms with van der Waals surface area (Å²) >= 11 is 0. The summed E-state index contributed by atoms with van der Waals surface area (Å²) in [6.07, 6.45) is 5.12. The van der Waals surface area contributed by atoms with Gasteiger partial charge >= 0.3 is 0 Å². The molecule has 27 heavy (non-hydrogen) atoms. The van der Waals surface area contributed by atoms with E-state index in [9.17, 15) is 9.59 Å². The second-order valence-corrected chi connectivity index (χ2v) is 7.30. The van der Waals surface area contributed by atoms with Crippen LogP contribution in [0.3, 0.4) is 0 Å². The van der Waals surface area contributed by atoms with Gasteiger partial charge in [0.15, 0.2) is 5.76 Å². The number of fused-ring (bicyclic) bond motifs is 1. The van der Waals surface area contributed by atoms with Crippen molar-refractivity contribution in [3.63, 3.8) is 0 Å². The molecule has 1 unspecified atom stereocenters. The normalized spacial score (nSPS) is 20.2. The number of amides is 2. The number of anilines is 1. The molecule has 4 rings (SSSR count). The number of piperidine rings is 1. The zero-order valence-electron chi connectivity index (χ0n) is 15.6. The second kappa shape index (κ2) is 7.56. The predicted molar refractivity (Wildman–Crippen MR) is 103 cm³/mol. The van der Waals surface area contributed by atoms with Gasteiger partial charge in [0.05, 0.1) is 17.5 Å². The smallest absolute Gasteiger partial charge is 0.293 e. The first kappa shape index (κ1) is 17.8. The van der Waals surface area contributed by atoms with E-state index < -0.39 is 0 Å². The van der Waals surface area contributed by atoms with Gasteiger partial charge in [0.2, 0.25) is 0 Å². The van der Waals surface area contributed by atoms with Gasteiger partial charge in [-0.25, -0.2) is 0 Å². The maximum Gasteiger partial charge on any atom is 0.293 e. The quantitative estimate of drug-likeness (QED) is 0.837. The molecule has 0 radical (unpaired) electrons. The average molecular weight is 367 g/mol. The average Bonchev–Trinajstić information content (AvgIpc) is 3.26. The highest BCUT2D eigenvalue weighted by Gasteiger charge is 2.32. The Labute approximate surface area is 159 Å². The van der Waals surface area contributed by atoms with Gasteiger partial charge < -0.3 is 14.2 Å². The highest BCUT2D eigenvalue weighted by atomic mass is 16.3. The summed E-state index contributed by atoms with van der Waals surface area (Å²) in [4.78, 5) is 31.8. The molecule has 2 saturated heterocycles. The van der Waals surface area contributed by atoms with Crippen LogP contribution in [-0.2, 0) is 0 Å². The van der Waals surface area contributed by atoms with Gasteiger partial charge in [-0.2, -0.15) is 0 Å². The van der Waals surface area contributed by atoms with Crippen LogP contribution in [0.25, 0.3) is 0 Å². The van der Waals surface area contributed by atoms with Crippen molar-refractivity contribution in [3.8, 4) is 0 Å². The van der Waals surface area contributed by atoms with Gasteiger partial charge in [0.1, 0.15) is 0 Å². The van der Waals surface area contributed by atoms with Gasteiger partial charge in [-0.1, -0.05) is 18.6 Å². The number of furan rings is 1. The highest BCUT2D eigenvalue weighted by molar-refractivity contribution is 6.09. The minimum Gasteiger partial charge on any atom is -0.459 e. The maximum absolute atomic E-state index is 13.3. The molecular weight excluding hydrogens is 342 g/mol. The lowest BCUT2D eigenvalue weighted by atomic mass is 9.99. The van der Waals surface area contributed by atoms with E-state index >= 15 is 0 Å². The van der Waals surface area contributed by atoms with E-state index in [1.54, 1.807) is 25.2 Å². The molecular formula is C21H25N3O3. The first-order valence-electron chi connectivity index (χ1n) is 9.59. The van der Waals surface area contributed by atoms with E-state index in [0.29, 0.717) is 17.3 Å². The summed E-state index contributed by atoms with van der Waals surface area (Å²) < 4.78 is 5.22. The van der Waals surface area contributed by atoms with Crippen molar-refractivity contribution >= 4 is 17.5 Å². The van der Waals surface area contributed by atoms with Gasteiger partial charge in [0, 0.05) is 32.7 Å². The van der Waals surface area contributed by atoms with Gasteiger partial charge in [-0.05, 0) is 43.7 Å². The number of piperazine rings is 1. The fraction of sp³-hybridized carbons (Fsp3) is 0.429. The monoisotopic (exact) mass is 367 g/mol. The van der Waals surface area contributed by atoms with Crippen molar-refractivity contribution in [3.05, 3.63) is 54.0 Å². The molecule has 3 heterocycles. The summed E-state index contributed by atoms with van der Waals surface area (Å²) in [6, 6.07) is 11.1. The van der Waals surface area contributed by atoms with E-state index in [0.717, 1.165) is 32.6 Å². The molecule has 6 nitrogen and oxygen atoms in total. The number of carbonyl (C=O) groups is 2. The van der Waals surface area contributed by atoms with Crippen LogP contribution in [0.1, 0.15) is 40.2 Å². The molecule has 0 N–H and O–H groups in total. The third kappa shape index (κ3) is 3.49. The molecule has 0 bridgehead atoms. The van der Waals surface area contributed by atoms with E-state index in [1.165, 1.54) is 24.0 Å². The Morgan fingerprint density at radius 2 is 1.93 bits per heavy atom. The Kier molecular flexibility index (Phi) is 4.99. The van der Waals surface area contributed by atoms with Crippen LogP contribution in [0.2, 0.25) is 0 Å². The third-order valence-electron chi connectivity index (χ3n) is 5.66. The van der Waals surface area contributed by atoms with Crippen LogP contribution in [-0.4, -0.2) is 60.9 Å². The first-order valence-corrected chi connectivity index (χ1v) is 9.59. The fourth-order valence-electron chi connectivity index (χ4n) is 4.13. The van der Waals surface area contributed by atoms with Crippen LogP contribution >= 0.6 is 0 Å². The zero-order chi connectivity index (χ0) is 18.8. The fourth-order valence-corrected chi connectivity index (χ4v) is 4.13. The summed E-state index contributed by atoms with van der Waals surface area (Å²) in [5, 5.41) is 0. The molecule has 6 heteroatoms. The number of carbonyl (C=O) groups excluding carboxylic acids is 2. The molecule has 0 aliphatic carbocycles. The number of rotatable bonds is 3. The van der Waals surface area contributed by atoms with Gasteiger partial charge in [-0.3, -0.25) is 14.5 Å². The Morgan fingerprint density at radius 1 is 1.07 bits per heavy atom. The number of benzene rings is 1. The summed E-state index contributed by atoms with van der Waals surface area (Å²) in [7, 11) is 1.68. The SMILES string of the molecule is CN(C(=O)c1ccco1)c1ccccc1C(=O)N1CCN2CCCCC2C1. The molecule has 1 aromatic carbocycles. The summed E-state index contributed by atoms with van der Waals surface area (Å²) in [6.45, 7) is 3.58. The predicted octanol–water partition coefficient (Wildman–Crippen LogP) is 2.87. The van der Waals surface area contributed by atoms with Crippen molar-refractivity contribution in [2.45, 2.75) is 25.3 Å². The molecule has 2 fully saturated rings. The number of nitrogens with zero attached hydrogens (tertiary/aromatic N) is 3. The molecule has 0 saturated carbocycles. The summed E-state index contributed by atoms with van der Waals surface area (Å²) in [5.41, 5.74) is 1.17. The van der Waals surface area contributed by atoms with Crippen LogP contribution in [0, 0.1) is 0 Å². The molecule has 0 spiro atoms. The van der Waals surface area contributed by atoms with Crippen molar-refractivity contribution in [1.82, 2.24) is 9.80 Å². The van der Waals surface area contributed by atoms with E-state index in [1.807, 2.05) is 23.1 Å². The maximum atomic E-state index is 13.3. The lowest BCUT2D eigenvalue weighted by molar-refractivity contribution is 0.0373. The number of hydrogen-bond donors (Lipinski definition) is 0. The summed E-state index contributed by atoms with van der Waals surface area (Å²) in [5.74, 6) is -0.0113. The largest absolute Gasteiger partial charge is 0.459 e. The second-order valence-electron chi connectivity index (χ2n) is 7.30. The molecule has 2 aromatic rings. The van der Waals surface area contributed by atoms with Crippen LogP contribution in [0.5, 0.6) is 0 Å². The van der Waals surface area contributed by atoms with Crippen LogP contribution in [0.15, 0.2) is 47.1 Å². The van der Waals surface area contributed by atoms with E-state index in [-0.39, 0.29) is 17.6 Å². The van der Waals surface area contributed by atoms with Crippen molar-refractivity contribution in [2.75, 3.05) is 38.1 Å². The van der Waals surface area contributed by atoms with E-state index in [2.05, 4.69) is 4.90 Å². The minimum absolute atomic E-state index is 0.00471. The molecule has 142 valence electrons. The van der Waals surface area contributed by atoms with Gasteiger partial charge in [0.25, 0.3) is 11.8 Å². The number of para-hydroxylation sites is 1. The third-order valence-corrected chi connectivity index (χ3v) is 5.66. The van der Waals surface area contributed by atoms with Gasteiger partial charge in [-0.15, -0.1) is 0 Å². The first-order chi connectivity index (χ1) is 13.1. The molecule has 1 atom stereocenters. The minimum atomic E-state index is -0.266. The molecule has 2 aliphatic heterocycles. The standard InChI is InChI=1S/C21H25N3O3/c1-22(21(26)19-10-6-14-27-19)18-9-3-2-8-17(18)20(25)24-13-12-23-11-5-4-7-16(23)15-24/h2-3,6,8-10,14,16H,4-5,7,11-13,15H2,1H3. The highest BCUT2D eigenvalue weighted by Crippen LogP contribution is 2.26. The lowest BCUT2D eigenvalue weighted by Gasteiger charge is -2.44. The zero-order valence-corrected chi connectivity index (χ0v) is 15.6. The van der Waals surface area contributed by atoms with Crippen molar-refractivity contribution in [1.29, 1.82) is 0 Å². The Hall–Kier alpha value is -2.60. The lowest BCUT2D eigenvalue weighted by Crippen LogP contribution is -2.56. The Balaban J connectivity index is 1.55. The molecule has 2 aliphatic rings. The Bertz CT molecular complexity index is 818. The van der Waals surface area contributed by atoms with Crippen molar-refractivity contribution < 1.29 is 14.0 Å². The van der Waals surface area contributed by atoms with Crippen LogP contribution < -0.4 is 4.90 Å². The Morgan fingerprint density at radius 3 is 2.74 bits per heavy atom. The van der Waals surface area contributed by atoms with Crippen LogP contribution in [0.4, 0.5) is 5.69 Å². The molecule has 1 aromatic heterocycles. The van der Waals surface area contributed by atoms with Crippen molar-refractivity contribution in [2.24, 2.45) is 0 Å².